The van der Waals surface area contributed by atoms with Gasteiger partial charge in [0.1, 0.15) is 5.54 Å². The molecule has 0 aromatic carbocycles. The van der Waals surface area contributed by atoms with Gasteiger partial charge in [0.15, 0.2) is 0 Å². The second-order valence-corrected chi connectivity index (χ2v) is 6.29. The highest BCUT2D eigenvalue weighted by Gasteiger charge is 2.32. The van der Waals surface area contributed by atoms with Gasteiger partial charge in [0.2, 0.25) is 5.91 Å². The Hall–Kier alpha value is -1.12. The van der Waals surface area contributed by atoms with Crippen molar-refractivity contribution in [3.8, 4) is 6.07 Å². The first-order chi connectivity index (χ1) is 9.30. The van der Waals surface area contributed by atoms with Crippen LogP contribution < -0.4 is 5.32 Å². The number of nitriles is 1. The zero-order valence-corrected chi connectivity index (χ0v) is 13.0. The molecule has 0 spiro atoms. The van der Waals surface area contributed by atoms with E-state index in [1.54, 1.807) is 13.8 Å². The number of hydrogen-bond acceptors (Lipinski definition) is 4. The van der Waals surface area contributed by atoms with Crippen LogP contribution in [-0.4, -0.2) is 46.7 Å². The van der Waals surface area contributed by atoms with Crippen LogP contribution in [-0.2, 0) is 4.79 Å². The van der Waals surface area contributed by atoms with Gasteiger partial charge in [-0.05, 0) is 39.2 Å². The highest BCUT2D eigenvalue weighted by Crippen LogP contribution is 2.20. The second-order valence-electron chi connectivity index (χ2n) is 6.29. The molecule has 114 valence electrons. The first-order valence-electron chi connectivity index (χ1n) is 7.44. The van der Waals surface area contributed by atoms with E-state index in [1.807, 2.05) is 18.7 Å². The smallest absolute Gasteiger partial charge is 0.235 e. The van der Waals surface area contributed by atoms with E-state index in [1.165, 1.54) is 0 Å². The maximum Gasteiger partial charge on any atom is 0.235 e. The number of carbonyl (C=O) groups excluding carboxylic acids is 1. The van der Waals surface area contributed by atoms with Gasteiger partial charge < -0.3 is 10.4 Å². The predicted molar refractivity (Wildman–Crippen MR) is 77.9 cm³/mol. The lowest BCUT2D eigenvalue weighted by Crippen LogP contribution is -2.55. The van der Waals surface area contributed by atoms with E-state index in [-0.39, 0.29) is 24.4 Å². The van der Waals surface area contributed by atoms with E-state index in [2.05, 4.69) is 11.4 Å². The number of aliphatic hydroxyl groups is 1. The topological polar surface area (TPSA) is 76.4 Å². The maximum atomic E-state index is 12.2. The molecule has 20 heavy (non-hydrogen) atoms. The Balaban J connectivity index is 2.63. The molecule has 0 aromatic rings. The third kappa shape index (κ3) is 4.19. The van der Waals surface area contributed by atoms with Crippen LogP contribution in [0.25, 0.3) is 0 Å². The summed E-state index contributed by atoms with van der Waals surface area (Å²) < 4.78 is 0. The number of piperidine rings is 1. The molecule has 1 heterocycles. The van der Waals surface area contributed by atoms with Crippen molar-refractivity contribution in [3.63, 3.8) is 0 Å². The quantitative estimate of drug-likeness (QED) is 0.796. The molecule has 0 unspecified atom stereocenters. The van der Waals surface area contributed by atoms with Crippen molar-refractivity contribution < 1.29 is 9.90 Å². The van der Waals surface area contributed by atoms with E-state index >= 15 is 0 Å². The highest BCUT2D eigenvalue weighted by atomic mass is 16.3. The van der Waals surface area contributed by atoms with Gasteiger partial charge in [-0.25, -0.2) is 0 Å². The molecule has 0 radical (unpaired) electrons. The molecule has 5 nitrogen and oxygen atoms in total. The highest BCUT2D eigenvalue weighted by molar-refractivity contribution is 5.79. The summed E-state index contributed by atoms with van der Waals surface area (Å²) in [5.74, 6) is -0.0966. The summed E-state index contributed by atoms with van der Waals surface area (Å²) in [6.45, 7) is 8.44. The lowest BCUT2D eigenvalue weighted by molar-refractivity contribution is -0.125. The summed E-state index contributed by atoms with van der Waals surface area (Å²) >= 11 is 0. The fourth-order valence-corrected chi connectivity index (χ4v) is 2.57. The van der Waals surface area contributed by atoms with Crippen LogP contribution >= 0.6 is 0 Å². The van der Waals surface area contributed by atoms with E-state index < -0.39 is 11.6 Å². The summed E-state index contributed by atoms with van der Waals surface area (Å²) in [7, 11) is 0. The van der Waals surface area contributed by atoms with E-state index in [0.29, 0.717) is 0 Å². The zero-order chi connectivity index (χ0) is 15.3. The Bertz CT molecular complexity index is 376. The normalized spacial score (nSPS) is 24.8. The molecule has 1 aliphatic rings. The van der Waals surface area contributed by atoms with Gasteiger partial charge in [0.05, 0.1) is 18.7 Å². The van der Waals surface area contributed by atoms with E-state index in [0.717, 1.165) is 25.8 Å². The summed E-state index contributed by atoms with van der Waals surface area (Å²) in [6, 6.07) is 2.22. The summed E-state index contributed by atoms with van der Waals surface area (Å²) in [4.78, 5) is 14.2. The average Bonchev–Trinajstić information content (AvgIpc) is 2.38. The van der Waals surface area contributed by atoms with Crippen LogP contribution in [0.15, 0.2) is 0 Å². The number of nitrogens with zero attached hydrogens (tertiary/aromatic N) is 2. The molecule has 1 aliphatic heterocycles. The van der Waals surface area contributed by atoms with Crippen LogP contribution in [0.3, 0.4) is 0 Å². The van der Waals surface area contributed by atoms with Crippen molar-refractivity contribution in [2.45, 2.75) is 64.6 Å². The molecule has 0 saturated carbocycles. The zero-order valence-electron chi connectivity index (χ0n) is 13.0. The molecule has 2 N–H and O–H groups in total. The largest absolute Gasteiger partial charge is 0.392 e. The summed E-state index contributed by atoms with van der Waals surface area (Å²) in [5, 5.41) is 21.9. The fourth-order valence-electron chi connectivity index (χ4n) is 2.57. The van der Waals surface area contributed by atoms with Crippen molar-refractivity contribution in [1.29, 1.82) is 5.26 Å². The van der Waals surface area contributed by atoms with Gasteiger partial charge in [0, 0.05) is 6.04 Å². The van der Waals surface area contributed by atoms with E-state index in [4.69, 9.17) is 0 Å². The van der Waals surface area contributed by atoms with Gasteiger partial charge in [-0.1, -0.05) is 20.3 Å². The number of hydrogen-bond donors (Lipinski definition) is 2. The summed E-state index contributed by atoms with van der Waals surface area (Å²) in [5.41, 5.74) is -0.840. The number of carbonyl (C=O) groups is 1. The Morgan fingerprint density at radius 1 is 1.50 bits per heavy atom. The molecular formula is C15H27N3O2. The molecule has 1 amide bonds. The van der Waals surface area contributed by atoms with Crippen LogP contribution in [0.4, 0.5) is 0 Å². The Morgan fingerprint density at radius 3 is 2.65 bits per heavy atom. The Labute approximate surface area is 122 Å². The SMILES string of the molecule is CC(C)[C@](C)(C#N)NC(=O)CN1CCCC[C@@H]1[C@H](C)O. The number of aliphatic hydroxyl groups excluding tert-OH is 1. The number of likely N-dealkylation sites (tertiary alicyclic amines) is 1. The number of amides is 1. The molecule has 0 bridgehead atoms. The van der Waals surface area contributed by atoms with E-state index in [9.17, 15) is 15.2 Å². The minimum absolute atomic E-state index is 0.0434. The first-order valence-corrected chi connectivity index (χ1v) is 7.44. The molecule has 0 aromatic heterocycles. The summed E-state index contributed by atoms with van der Waals surface area (Å²) in [6.07, 6.45) is 2.63. The standard InChI is InChI=1S/C15H27N3O2/c1-11(2)15(4,10-16)17-14(20)9-18-8-6-5-7-13(18)12(3)19/h11-13,19H,5-9H2,1-4H3,(H,17,20)/t12-,13+,15-/m0/s1. The van der Waals surface area contributed by atoms with Crippen molar-refractivity contribution in [3.05, 3.63) is 0 Å². The minimum Gasteiger partial charge on any atom is -0.392 e. The second kappa shape index (κ2) is 7.05. The number of rotatable bonds is 5. The van der Waals surface area contributed by atoms with Crippen LogP contribution in [0.5, 0.6) is 0 Å². The van der Waals surface area contributed by atoms with Crippen LogP contribution in [0, 0.1) is 17.2 Å². The molecule has 3 atom stereocenters. The average molecular weight is 281 g/mol. The van der Waals surface area contributed by atoms with Crippen molar-refractivity contribution in [1.82, 2.24) is 10.2 Å². The molecular weight excluding hydrogens is 254 g/mol. The van der Waals surface area contributed by atoms with Gasteiger partial charge >= 0.3 is 0 Å². The first kappa shape index (κ1) is 16.9. The molecule has 1 saturated heterocycles. The van der Waals surface area contributed by atoms with Gasteiger partial charge in [-0.15, -0.1) is 0 Å². The lowest BCUT2D eigenvalue weighted by atomic mass is 9.90. The van der Waals surface area contributed by atoms with Gasteiger partial charge in [-0.2, -0.15) is 5.26 Å². The molecule has 1 fully saturated rings. The van der Waals surface area contributed by atoms with Crippen LogP contribution in [0.2, 0.25) is 0 Å². The van der Waals surface area contributed by atoms with Crippen LogP contribution in [0.1, 0.15) is 47.0 Å². The minimum atomic E-state index is -0.840. The van der Waals surface area contributed by atoms with Crippen molar-refractivity contribution >= 4 is 5.91 Å². The Morgan fingerprint density at radius 2 is 2.15 bits per heavy atom. The molecule has 0 aliphatic carbocycles. The van der Waals surface area contributed by atoms with Crippen molar-refractivity contribution in [2.75, 3.05) is 13.1 Å². The third-order valence-corrected chi connectivity index (χ3v) is 4.35. The fraction of sp³-hybridized carbons (Fsp3) is 0.867. The molecule has 1 rings (SSSR count). The third-order valence-electron chi connectivity index (χ3n) is 4.35. The predicted octanol–water partition coefficient (Wildman–Crippen LogP) is 1.28. The number of nitrogens with one attached hydrogen (secondary N) is 1. The monoisotopic (exact) mass is 281 g/mol. The van der Waals surface area contributed by atoms with Gasteiger partial charge in [-0.3, -0.25) is 9.69 Å². The lowest BCUT2D eigenvalue weighted by Gasteiger charge is -2.37. The van der Waals surface area contributed by atoms with Gasteiger partial charge in [0.25, 0.3) is 0 Å². The Kier molecular flexibility index (Phi) is 5.97. The molecule has 5 heteroatoms. The van der Waals surface area contributed by atoms with Crippen molar-refractivity contribution in [2.24, 2.45) is 5.92 Å². The maximum absolute atomic E-state index is 12.2.